The van der Waals surface area contributed by atoms with Crippen LogP contribution < -0.4 is 15.0 Å². The summed E-state index contributed by atoms with van der Waals surface area (Å²) >= 11 is 0. The van der Waals surface area contributed by atoms with Crippen LogP contribution in [0.5, 0.6) is 5.75 Å². The highest BCUT2D eigenvalue weighted by Crippen LogP contribution is 2.26. The Balaban J connectivity index is 1.11. The first kappa shape index (κ1) is 27.7. The third-order valence-electron chi connectivity index (χ3n) is 6.38. The highest BCUT2D eigenvalue weighted by molar-refractivity contribution is 5.91. The molecule has 1 fully saturated rings. The number of rotatable bonds is 10. The van der Waals surface area contributed by atoms with Gasteiger partial charge in [-0.3, -0.25) is 14.6 Å². The number of anilines is 1. The Kier molecular flexibility index (Phi) is 8.17. The summed E-state index contributed by atoms with van der Waals surface area (Å²) < 4.78 is 42.9. The minimum Gasteiger partial charge on any atom is -0.406 e. The number of hydrogen-bond donors (Lipinski definition) is 1. The molecule has 1 aliphatic heterocycles. The van der Waals surface area contributed by atoms with Crippen molar-refractivity contribution in [2.75, 3.05) is 18.0 Å². The molecule has 1 N–H and O–H groups in total. The van der Waals surface area contributed by atoms with Gasteiger partial charge in [-0.25, -0.2) is 4.68 Å². The summed E-state index contributed by atoms with van der Waals surface area (Å²) in [4.78, 5) is 31.1. The van der Waals surface area contributed by atoms with E-state index in [0.29, 0.717) is 30.2 Å². The summed E-state index contributed by atoms with van der Waals surface area (Å²) in [6, 6.07) is 14.3. The van der Waals surface area contributed by atoms with Crippen molar-refractivity contribution in [3.63, 3.8) is 0 Å². The predicted molar refractivity (Wildman–Crippen MR) is 139 cm³/mol. The molecule has 0 bridgehead atoms. The molecule has 41 heavy (non-hydrogen) atoms. The molecule has 4 heterocycles. The highest BCUT2D eigenvalue weighted by atomic mass is 19.4. The van der Waals surface area contributed by atoms with Crippen LogP contribution in [0.25, 0.3) is 0 Å². The van der Waals surface area contributed by atoms with Gasteiger partial charge in [-0.2, -0.15) is 5.10 Å². The Labute approximate surface area is 232 Å². The van der Waals surface area contributed by atoms with Crippen molar-refractivity contribution in [1.82, 2.24) is 35.5 Å². The molecular formula is C27H25F3N8O3. The smallest absolute Gasteiger partial charge is 0.406 e. The molecule has 1 atom stereocenters. The Bertz CT molecular complexity index is 1500. The molecule has 212 valence electrons. The van der Waals surface area contributed by atoms with Crippen molar-refractivity contribution in [2.24, 2.45) is 0 Å². The van der Waals surface area contributed by atoms with Crippen LogP contribution in [0.2, 0.25) is 0 Å². The predicted octanol–water partition coefficient (Wildman–Crippen LogP) is 3.10. The lowest BCUT2D eigenvalue weighted by Crippen LogP contribution is -2.24. The second-order valence-corrected chi connectivity index (χ2v) is 9.45. The number of alkyl halides is 3. The van der Waals surface area contributed by atoms with Crippen LogP contribution in [-0.2, 0) is 24.2 Å². The van der Waals surface area contributed by atoms with Crippen LogP contribution in [0.4, 0.5) is 19.0 Å². The van der Waals surface area contributed by atoms with E-state index in [2.05, 4.69) is 35.5 Å². The maximum absolute atomic E-state index is 12.5. The molecule has 1 saturated heterocycles. The number of aromatic nitrogens is 6. The van der Waals surface area contributed by atoms with Gasteiger partial charge in [-0.05, 0) is 48.4 Å². The molecule has 14 heteroatoms. The zero-order valence-corrected chi connectivity index (χ0v) is 21.7. The van der Waals surface area contributed by atoms with Crippen molar-refractivity contribution >= 4 is 17.5 Å². The van der Waals surface area contributed by atoms with Crippen LogP contribution in [-0.4, -0.2) is 61.3 Å². The SMILES string of the molecule is O=C(Cc1cccc(OC(F)(F)F)c1)Cc1ccc(N2CCC(n3cc(C(=O)NCc4ccccn4)nn3)C2)nn1. The maximum atomic E-state index is 12.5. The first-order valence-electron chi connectivity index (χ1n) is 12.8. The zero-order chi connectivity index (χ0) is 28.8. The molecule has 0 radical (unpaired) electrons. The van der Waals surface area contributed by atoms with Gasteiger partial charge in [0.15, 0.2) is 11.5 Å². The number of Topliss-reactive ketones (excluding diaryl/α,β-unsaturated/α-hetero) is 1. The second kappa shape index (κ2) is 12.1. The van der Waals surface area contributed by atoms with Gasteiger partial charge in [0.05, 0.1) is 36.6 Å². The average molecular weight is 567 g/mol. The van der Waals surface area contributed by atoms with Gasteiger partial charge in [0.2, 0.25) is 0 Å². The summed E-state index contributed by atoms with van der Waals surface area (Å²) in [7, 11) is 0. The maximum Gasteiger partial charge on any atom is 0.573 e. The van der Waals surface area contributed by atoms with Gasteiger partial charge < -0.3 is 15.0 Å². The number of benzene rings is 1. The largest absolute Gasteiger partial charge is 0.573 e. The van der Waals surface area contributed by atoms with E-state index in [4.69, 9.17) is 0 Å². The number of ether oxygens (including phenoxy) is 1. The average Bonchev–Trinajstić information content (AvgIpc) is 3.63. The first-order valence-corrected chi connectivity index (χ1v) is 12.8. The summed E-state index contributed by atoms with van der Waals surface area (Å²) in [5, 5.41) is 19.3. The van der Waals surface area contributed by atoms with E-state index in [1.807, 2.05) is 17.0 Å². The standard InChI is InChI=1S/C27H25F3N8O3/c28-27(29,30)41-23-6-3-4-18(13-23)12-22(39)14-19-7-8-25(35-33-19)37-11-9-21(16-37)38-17-24(34-36-38)26(40)32-15-20-5-1-2-10-31-20/h1-8,10,13,17,21H,9,11-12,14-16H2,(H,32,40). The van der Waals surface area contributed by atoms with E-state index in [-0.39, 0.29) is 48.6 Å². The Morgan fingerprint density at radius 1 is 1.00 bits per heavy atom. The number of carbonyl (C=O) groups excluding carboxylic acids is 2. The minimum atomic E-state index is -4.80. The van der Waals surface area contributed by atoms with E-state index < -0.39 is 6.36 Å². The van der Waals surface area contributed by atoms with Crippen molar-refractivity contribution in [2.45, 2.75) is 38.2 Å². The van der Waals surface area contributed by atoms with Crippen LogP contribution in [0.1, 0.15) is 39.9 Å². The van der Waals surface area contributed by atoms with E-state index >= 15 is 0 Å². The lowest BCUT2D eigenvalue weighted by atomic mass is 10.1. The van der Waals surface area contributed by atoms with E-state index in [1.165, 1.54) is 18.2 Å². The molecule has 1 aliphatic rings. The molecule has 4 aromatic rings. The molecular weight excluding hydrogens is 541 g/mol. The number of halogens is 3. The van der Waals surface area contributed by atoms with Gasteiger partial charge in [0, 0.05) is 25.7 Å². The topological polar surface area (TPSA) is 128 Å². The zero-order valence-electron chi connectivity index (χ0n) is 21.7. The number of pyridine rings is 1. The first-order chi connectivity index (χ1) is 19.7. The summed E-state index contributed by atoms with van der Waals surface area (Å²) in [5.74, 6) is -0.297. The van der Waals surface area contributed by atoms with Gasteiger partial charge in [-0.15, -0.1) is 23.4 Å². The fraction of sp³-hybridized carbons (Fsp3) is 0.296. The molecule has 1 aromatic carbocycles. The quantitative estimate of drug-likeness (QED) is 0.308. The van der Waals surface area contributed by atoms with Crippen molar-refractivity contribution in [3.8, 4) is 5.75 Å². The number of nitrogens with zero attached hydrogens (tertiary/aromatic N) is 7. The molecule has 1 amide bonds. The third-order valence-corrected chi connectivity index (χ3v) is 6.38. The van der Waals surface area contributed by atoms with Gasteiger partial charge >= 0.3 is 6.36 Å². The molecule has 0 saturated carbocycles. The molecule has 5 rings (SSSR count). The Morgan fingerprint density at radius 2 is 1.88 bits per heavy atom. The Hall–Kier alpha value is -4.88. The summed E-state index contributed by atoms with van der Waals surface area (Å²) in [6.07, 6.45) is -0.835. The summed E-state index contributed by atoms with van der Waals surface area (Å²) in [5.41, 5.74) is 1.81. The van der Waals surface area contributed by atoms with Crippen molar-refractivity contribution < 1.29 is 27.5 Å². The van der Waals surface area contributed by atoms with Crippen LogP contribution >= 0.6 is 0 Å². The van der Waals surface area contributed by atoms with E-state index in [1.54, 1.807) is 41.3 Å². The lowest BCUT2D eigenvalue weighted by molar-refractivity contribution is -0.274. The van der Waals surface area contributed by atoms with Crippen LogP contribution in [0.15, 0.2) is 67.0 Å². The van der Waals surface area contributed by atoms with Gasteiger partial charge in [0.25, 0.3) is 5.91 Å². The minimum absolute atomic E-state index is 0.00953. The number of ketones is 1. The number of amides is 1. The number of nitrogens with one attached hydrogen (secondary N) is 1. The van der Waals surface area contributed by atoms with E-state index in [9.17, 15) is 22.8 Å². The van der Waals surface area contributed by atoms with E-state index in [0.717, 1.165) is 12.1 Å². The van der Waals surface area contributed by atoms with Crippen molar-refractivity contribution in [3.05, 3.63) is 89.6 Å². The third kappa shape index (κ3) is 7.62. The Morgan fingerprint density at radius 3 is 2.63 bits per heavy atom. The fourth-order valence-electron chi connectivity index (χ4n) is 4.45. The van der Waals surface area contributed by atoms with Crippen molar-refractivity contribution in [1.29, 1.82) is 0 Å². The molecule has 0 aliphatic carbocycles. The normalized spacial score (nSPS) is 15.1. The van der Waals surface area contributed by atoms with Gasteiger partial charge in [0.1, 0.15) is 11.5 Å². The molecule has 0 spiro atoms. The van der Waals surface area contributed by atoms with Crippen LogP contribution in [0.3, 0.4) is 0 Å². The molecule has 3 aromatic heterocycles. The highest BCUT2D eigenvalue weighted by Gasteiger charge is 2.31. The monoisotopic (exact) mass is 566 g/mol. The lowest BCUT2D eigenvalue weighted by Gasteiger charge is -2.16. The molecule has 1 unspecified atom stereocenters. The number of hydrogen-bond acceptors (Lipinski definition) is 9. The van der Waals surface area contributed by atoms with Crippen LogP contribution in [0, 0.1) is 0 Å². The molecule has 11 nitrogen and oxygen atoms in total. The summed E-state index contributed by atoms with van der Waals surface area (Å²) in [6.45, 7) is 1.56. The van der Waals surface area contributed by atoms with Gasteiger partial charge in [-0.1, -0.05) is 23.4 Å². The second-order valence-electron chi connectivity index (χ2n) is 9.45. The fourth-order valence-corrected chi connectivity index (χ4v) is 4.45. The number of carbonyl (C=O) groups is 2.